The first kappa shape index (κ1) is 12.5. The van der Waals surface area contributed by atoms with E-state index in [0.717, 1.165) is 21.9 Å². The molecule has 0 aliphatic rings. The molecule has 0 aliphatic heterocycles. The van der Waals surface area contributed by atoms with Gasteiger partial charge < -0.3 is 0 Å². The van der Waals surface area contributed by atoms with E-state index in [2.05, 4.69) is 13.0 Å². The van der Waals surface area contributed by atoms with Crippen LogP contribution in [-0.4, -0.2) is 6.29 Å². The van der Waals surface area contributed by atoms with Crippen LogP contribution >= 0.6 is 0 Å². The summed E-state index contributed by atoms with van der Waals surface area (Å²) in [5, 5.41) is 2.25. The molecular weight excluding hydrogens is 251 g/mol. The molecule has 3 rings (SSSR count). The number of rotatable bonds is 2. The summed E-state index contributed by atoms with van der Waals surface area (Å²) in [7, 11) is 0. The summed E-state index contributed by atoms with van der Waals surface area (Å²) in [5.74, 6) is -0.484. The van der Waals surface area contributed by atoms with E-state index in [1.807, 2.05) is 30.3 Å². The van der Waals surface area contributed by atoms with Gasteiger partial charge in [0.1, 0.15) is 5.82 Å². The number of aryl methyl sites for hydroxylation is 1. The Bertz CT molecular complexity index is 806. The van der Waals surface area contributed by atoms with Crippen LogP contribution in [0.2, 0.25) is 0 Å². The van der Waals surface area contributed by atoms with Gasteiger partial charge in [0.25, 0.3) is 0 Å². The lowest BCUT2D eigenvalue weighted by atomic mass is 9.95. The zero-order chi connectivity index (χ0) is 14.1. The van der Waals surface area contributed by atoms with E-state index in [1.54, 1.807) is 6.07 Å². The maximum absolute atomic E-state index is 13.8. The standard InChI is InChI=1S/C18H13FO/c1-12-6-9-16(17-5-3-2-4-15(12)17)13-7-8-14(11-20)18(19)10-13/h2-11H,1H3. The minimum atomic E-state index is -0.484. The highest BCUT2D eigenvalue weighted by molar-refractivity contribution is 5.98. The van der Waals surface area contributed by atoms with Gasteiger partial charge in [-0.15, -0.1) is 0 Å². The molecule has 0 radical (unpaired) electrons. The van der Waals surface area contributed by atoms with Crippen molar-refractivity contribution in [1.82, 2.24) is 0 Å². The summed E-state index contributed by atoms with van der Waals surface area (Å²) in [6, 6.07) is 16.8. The van der Waals surface area contributed by atoms with Crippen LogP contribution in [0, 0.1) is 12.7 Å². The van der Waals surface area contributed by atoms with Crippen molar-refractivity contribution >= 4 is 17.1 Å². The van der Waals surface area contributed by atoms with Crippen LogP contribution in [0.3, 0.4) is 0 Å². The third kappa shape index (κ3) is 1.99. The van der Waals surface area contributed by atoms with Gasteiger partial charge in [-0.1, -0.05) is 42.5 Å². The van der Waals surface area contributed by atoms with Crippen LogP contribution in [0.25, 0.3) is 21.9 Å². The Kier molecular flexibility index (Phi) is 3.07. The second-order valence-corrected chi connectivity index (χ2v) is 4.83. The van der Waals surface area contributed by atoms with Crippen molar-refractivity contribution < 1.29 is 9.18 Å². The van der Waals surface area contributed by atoms with Crippen LogP contribution in [0.1, 0.15) is 15.9 Å². The van der Waals surface area contributed by atoms with Crippen molar-refractivity contribution in [2.24, 2.45) is 0 Å². The molecule has 0 atom stereocenters. The van der Waals surface area contributed by atoms with Gasteiger partial charge in [0.05, 0.1) is 5.56 Å². The highest BCUT2D eigenvalue weighted by atomic mass is 19.1. The van der Waals surface area contributed by atoms with Crippen molar-refractivity contribution in [2.75, 3.05) is 0 Å². The van der Waals surface area contributed by atoms with E-state index in [9.17, 15) is 9.18 Å². The molecule has 98 valence electrons. The number of aldehydes is 1. The molecule has 3 aromatic carbocycles. The molecule has 0 aliphatic carbocycles. The van der Waals surface area contributed by atoms with E-state index in [-0.39, 0.29) is 5.56 Å². The number of fused-ring (bicyclic) bond motifs is 1. The smallest absolute Gasteiger partial charge is 0.152 e. The molecular formula is C18H13FO. The monoisotopic (exact) mass is 264 g/mol. The third-order valence-electron chi connectivity index (χ3n) is 3.58. The SMILES string of the molecule is Cc1ccc(-c2ccc(C=O)c(F)c2)c2ccccc12. The Morgan fingerprint density at radius 2 is 1.70 bits per heavy atom. The molecule has 2 heteroatoms. The summed E-state index contributed by atoms with van der Waals surface area (Å²) < 4.78 is 13.8. The summed E-state index contributed by atoms with van der Waals surface area (Å²) in [6.07, 6.45) is 0.534. The largest absolute Gasteiger partial charge is 0.298 e. The molecule has 0 saturated heterocycles. The second-order valence-electron chi connectivity index (χ2n) is 4.83. The van der Waals surface area contributed by atoms with Gasteiger partial charge in [-0.05, 0) is 46.5 Å². The summed E-state index contributed by atoms with van der Waals surface area (Å²) >= 11 is 0. The molecule has 0 heterocycles. The highest BCUT2D eigenvalue weighted by Gasteiger charge is 2.08. The first-order valence-electron chi connectivity index (χ1n) is 6.44. The normalized spacial score (nSPS) is 10.7. The molecule has 0 aromatic heterocycles. The molecule has 0 amide bonds. The molecule has 1 nitrogen and oxygen atoms in total. The fourth-order valence-corrected chi connectivity index (χ4v) is 2.49. The number of carbonyl (C=O) groups is 1. The molecule has 0 fully saturated rings. The van der Waals surface area contributed by atoms with Crippen molar-refractivity contribution in [3.05, 3.63) is 71.5 Å². The highest BCUT2D eigenvalue weighted by Crippen LogP contribution is 2.31. The van der Waals surface area contributed by atoms with Crippen molar-refractivity contribution in [1.29, 1.82) is 0 Å². The topological polar surface area (TPSA) is 17.1 Å². The predicted octanol–water partition coefficient (Wildman–Crippen LogP) is 4.77. The number of hydrogen-bond acceptors (Lipinski definition) is 1. The zero-order valence-electron chi connectivity index (χ0n) is 11.1. The average Bonchev–Trinajstić information content (AvgIpc) is 2.48. The summed E-state index contributed by atoms with van der Waals surface area (Å²) in [5.41, 5.74) is 3.03. The first-order valence-corrected chi connectivity index (χ1v) is 6.44. The average molecular weight is 264 g/mol. The van der Waals surface area contributed by atoms with Crippen molar-refractivity contribution in [3.63, 3.8) is 0 Å². The fraction of sp³-hybridized carbons (Fsp3) is 0.0556. The molecule has 0 spiro atoms. The zero-order valence-corrected chi connectivity index (χ0v) is 11.1. The second kappa shape index (κ2) is 4.89. The maximum atomic E-state index is 13.8. The van der Waals surface area contributed by atoms with Gasteiger partial charge in [0, 0.05) is 0 Å². The minimum Gasteiger partial charge on any atom is -0.298 e. The van der Waals surface area contributed by atoms with E-state index in [1.165, 1.54) is 17.7 Å². The molecule has 3 aromatic rings. The van der Waals surface area contributed by atoms with Crippen LogP contribution in [0.5, 0.6) is 0 Å². The molecule has 0 saturated carbocycles. The Hall–Kier alpha value is -2.48. The number of hydrogen-bond donors (Lipinski definition) is 0. The van der Waals surface area contributed by atoms with Crippen molar-refractivity contribution in [3.8, 4) is 11.1 Å². The number of benzene rings is 3. The van der Waals surface area contributed by atoms with Gasteiger partial charge in [-0.25, -0.2) is 4.39 Å². The third-order valence-corrected chi connectivity index (χ3v) is 3.58. The lowest BCUT2D eigenvalue weighted by Gasteiger charge is -2.10. The van der Waals surface area contributed by atoms with Crippen LogP contribution in [0.4, 0.5) is 4.39 Å². The number of carbonyl (C=O) groups excluding carboxylic acids is 1. The summed E-state index contributed by atoms with van der Waals surface area (Å²) in [4.78, 5) is 10.7. The molecule has 0 bridgehead atoms. The van der Waals surface area contributed by atoms with Gasteiger partial charge in [0.2, 0.25) is 0 Å². The fourth-order valence-electron chi connectivity index (χ4n) is 2.49. The van der Waals surface area contributed by atoms with Gasteiger partial charge in [-0.3, -0.25) is 4.79 Å². The quantitative estimate of drug-likeness (QED) is 0.609. The lowest BCUT2D eigenvalue weighted by molar-refractivity contribution is 0.112. The Balaban J connectivity index is 2.27. The number of halogens is 1. The molecule has 20 heavy (non-hydrogen) atoms. The maximum Gasteiger partial charge on any atom is 0.152 e. The van der Waals surface area contributed by atoms with Gasteiger partial charge in [-0.2, -0.15) is 0 Å². The van der Waals surface area contributed by atoms with E-state index >= 15 is 0 Å². The lowest BCUT2D eigenvalue weighted by Crippen LogP contribution is -1.90. The Labute approximate surface area is 116 Å². The van der Waals surface area contributed by atoms with Crippen LogP contribution in [0.15, 0.2) is 54.6 Å². The predicted molar refractivity (Wildman–Crippen MR) is 79.5 cm³/mol. The Morgan fingerprint density at radius 1 is 0.950 bits per heavy atom. The summed E-state index contributed by atoms with van der Waals surface area (Å²) in [6.45, 7) is 2.06. The first-order chi connectivity index (χ1) is 9.70. The van der Waals surface area contributed by atoms with Crippen LogP contribution < -0.4 is 0 Å². The van der Waals surface area contributed by atoms with E-state index in [0.29, 0.717) is 6.29 Å². The van der Waals surface area contributed by atoms with Gasteiger partial charge >= 0.3 is 0 Å². The molecule has 0 N–H and O–H groups in total. The minimum absolute atomic E-state index is 0.0881. The van der Waals surface area contributed by atoms with Crippen molar-refractivity contribution in [2.45, 2.75) is 6.92 Å². The van der Waals surface area contributed by atoms with Crippen LogP contribution in [-0.2, 0) is 0 Å². The molecule has 0 unspecified atom stereocenters. The van der Waals surface area contributed by atoms with E-state index < -0.39 is 5.82 Å². The van der Waals surface area contributed by atoms with Gasteiger partial charge in [0.15, 0.2) is 6.29 Å². The Morgan fingerprint density at radius 3 is 2.40 bits per heavy atom. The van der Waals surface area contributed by atoms with E-state index in [4.69, 9.17) is 0 Å².